The standard InChI is InChI=1S/C25H18ClFN4O/c26-18-6-10-20(11-7-18)30-24-17(3-1-15-28-24)5-14-23(32)22-4-2-16-29-25(22)31-21-12-8-19(27)9-13-21/h1-16H,(H,28,30)(H,29,31)/b14-5+. The number of benzene rings is 2. The third kappa shape index (κ3) is 5.36. The second-order valence-corrected chi connectivity index (χ2v) is 7.24. The van der Waals surface area contributed by atoms with Crippen molar-refractivity contribution in [2.45, 2.75) is 0 Å². The van der Waals surface area contributed by atoms with Crippen molar-refractivity contribution in [3.8, 4) is 0 Å². The molecule has 2 N–H and O–H groups in total. The Morgan fingerprint density at radius 2 is 1.41 bits per heavy atom. The summed E-state index contributed by atoms with van der Waals surface area (Å²) in [6, 6.07) is 20.1. The van der Waals surface area contributed by atoms with Crippen LogP contribution in [0.25, 0.3) is 6.08 Å². The van der Waals surface area contributed by atoms with E-state index in [1.54, 1.807) is 60.9 Å². The lowest BCUT2D eigenvalue weighted by Crippen LogP contribution is -2.03. The van der Waals surface area contributed by atoms with Gasteiger partial charge in [0.25, 0.3) is 0 Å². The molecule has 0 unspecified atom stereocenters. The third-order valence-electron chi connectivity index (χ3n) is 4.54. The molecule has 0 fully saturated rings. The number of pyridine rings is 2. The monoisotopic (exact) mass is 444 g/mol. The van der Waals surface area contributed by atoms with E-state index >= 15 is 0 Å². The van der Waals surface area contributed by atoms with Crippen LogP contribution in [0, 0.1) is 5.82 Å². The van der Waals surface area contributed by atoms with Crippen LogP contribution in [0.3, 0.4) is 0 Å². The molecule has 2 aromatic carbocycles. The molecule has 4 aromatic rings. The Balaban J connectivity index is 1.54. The van der Waals surface area contributed by atoms with Gasteiger partial charge in [0.2, 0.25) is 0 Å². The van der Waals surface area contributed by atoms with Crippen molar-refractivity contribution >= 4 is 46.5 Å². The predicted molar refractivity (Wildman–Crippen MR) is 126 cm³/mol. The number of hydrogen-bond acceptors (Lipinski definition) is 5. The molecule has 0 spiro atoms. The lowest BCUT2D eigenvalue weighted by molar-refractivity contribution is 0.104. The summed E-state index contributed by atoms with van der Waals surface area (Å²) in [5, 5.41) is 6.93. The fourth-order valence-corrected chi connectivity index (χ4v) is 3.08. The number of nitrogens with one attached hydrogen (secondary N) is 2. The van der Waals surface area contributed by atoms with Crippen LogP contribution in [-0.4, -0.2) is 15.8 Å². The van der Waals surface area contributed by atoms with Gasteiger partial charge in [-0.05, 0) is 84.9 Å². The first kappa shape index (κ1) is 21.2. The van der Waals surface area contributed by atoms with Crippen molar-refractivity contribution < 1.29 is 9.18 Å². The summed E-state index contributed by atoms with van der Waals surface area (Å²) in [6.45, 7) is 0. The molecule has 32 heavy (non-hydrogen) atoms. The van der Waals surface area contributed by atoms with E-state index in [9.17, 15) is 9.18 Å². The minimum atomic E-state index is -0.338. The van der Waals surface area contributed by atoms with Gasteiger partial charge in [0.05, 0.1) is 5.56 Å². The lowest BCUT2D eigenvalue weighted by Gasteiger charge is -2.10. The Bertz CT molecular complexity index is 1260. The van der Waals surface area contributed by atoms with Crippen LogP contribution in [0.4, 0.5) is 27.4 Å². The molecule has 0 aliphatic carbocycles. The van der Waals surface area contributed by atoms with Crippen LogP contribution in [0.5, 0.6) is 0 Å². The zero-order chi connectivity index (χ0) is 22.3. The summed E-state index contributed by atoms with van der Waals surface area (Å²) in [5.41, 5.74) is 2.59. The Morgan fingerprint density at radius 3 is 2.12 bits per heavy atom. The highest BCUT2D eigenvalue weighted by Crippen LogP contribution is 2.23. The molecule has 0 aliphatic rings. The Morgan fingerprint density at radius 1 is 0.812 bits per heavy atom. The minimum Gasteiger partial charge on any atom is -0.340 e. The number of halogens is 2. The van der Waals surface area contributed by atoms with E-state index in [0.717, 1.165) is 11.3 Å². The molecule has 0 radical (unpaired) electrons. The smallest absolute Gasteiger partial charge is 0.189 e. The van der Waals surface area contributed by atoms with E-state index in [-0.39, 0.29) is 11.6 Å². The Kier molecular flexibility index (Phi) is 6.53. The van der Waals surface area contributed by atoms with Crippen molar-refractivity contribution in [1.29, 1.82) is 0 Å². The van der Waals surface area contributed by atoms with Crippen LogP contribution in [-0.2, 0) is 0 Å². The summed E-state index contributed by atoms with van der Waals surface area (Å²) in [5.74, 6) is 0.425. The SMILES string of the molecule is O=C(/C=C/c1cccnc1Nc1ccc(Cl)cc1)c1cccnc1Nc1ccc(F)cc1. The maximum atomic E-state index is 13.2. The van der Waals surface area contributed by atoms with Gasteiger partial charge in [-0.3, -0.25) is 4.79 Å². The molecule has 4 rings (SSSR count). The van der Waals surface area contributed by atoms with Gasteiger partial charge in [-0.25, -0.2) is 14.4 Å². The molecule has 7 heteroatoms. The zero-order valence-electron chi connectivity index (χ0n) is 16.8. The number of ketones is 1. The van der Waals surface area contributed by atoms with Gasteiger partial charge < -0.3 is 10.6 Å². The average Bonchev–Trinajstić information content (AvgIpc) is 2.81. The van der Waals surface area contributed by atoms with Crippen LogP contribution >= 0.6 is 11.6 Å². The number of rotatable bonds is 7. The van der Waals surface area contributed by atoms with E-state index in [1.807, 2.05) is 18.2 Å². The molecule has 0 atom stereocenters. The molecule has 2 heterocycles. The average molecular weight is 445 g/mol. The fourth-order valence-electron chi connectivity index (χ4n) is 2.96. The first-order chi connectivity index (χ1) is 15.6. The molecule has 158 valence electrons. The largest absolute Gasteiger partial charge is 0.340 e. The number of anilines is 4. The minimum absolute atomic E-state index is 0.232. The van der Waals surface area contributed by atoms with Crippen molar-refractivity contribution in [2.75, 3.05) is 10.6 Å². The lowest BCUT2D eigenvalue weighted by atomic mass is 10.1. The second kappa shape index (κ2) is 9.85. The first-order valence-electron chi connectivity index (χ1n) is 9.76. The molecule has 0 aliphatic heterocycles. The van der Waals surface area contributed by atoms with Crippen molar-refractivity contribution in [1.82, 2.24) is 9.97 Å². The topological polar surface area (TPSA) is 66.9 Å². The van der Waals surface area contributed by atoms with Gasteiger partial charge >= 0.3 is 0 Å². The summed E-state index contributed by atoms with van der Waals surface area (Å²) < 4.78 is 13.2. The predicted octanol–water partition coefficient (Wildman–Crippen LogP) is 6.65. The molecule has 2 aromatic heterocycles. The van der Waals surface area contributed by atoms with Gasteiger partial charge in [0.15, 0.2) is 5.78 Å². The summed E-state index contributed by atoms with van der Waals surface area (Å²) in [6.07, 6.45) is 6.42. The molecule has 0 saturated heterocycles. The number of nitrogens with zero attached hydrogens (tertiary/aromatic N) is 2. The summed E-state index contributed by atoms with van der Waals surface area (Å²) in [4.78, 5) is 21.5. The summed E-state index contributed by atoms with van der Waals surface area (Å²) >= 11 is 5.94. The highest BCUT2D eigenvalue weighted by Gasteiger charge is 2.11. The number of hydrogen-bond donors (Lipinski definition) is 2. The van der Waals surface area contributed by atoms with Gasteiger partial charge in [-0.1, -0.05) is 11.6 Å². The Labute approximate surface area is 189 Å². The maximum absolute atomic E-state index is 13.2. The van der Waals surface area contributed by atoms with Gasteiger partial charge in [-0.2, -0.15) is 0 Å². The summed E-state index contributed by atoms with van der Waals surface area (Å²) in [7, 11) is 0. The number of carbonyl (C=O) groups excluding carboxylic acids is 1. The van der Waals surface area contributed by atoms with Crippen LogP contribution in [0.2, 0.25) is 5.02 Å². The number of aromatic nitrogens is 2. The Hall–Kier alpha value is -4.03. The maximum Gasteiger partial charge on any atom is 0.189 e. The van der Waals surface area contributed by atoms with E-state index in [0.29, 0.717) is 27.9 Å². The normalized spacial score (nSPS) is 10.8. The second-order valence-electron chi connectivity index (χ2n) is 6.80. The third-order valence-corrected chi connectivity index (χ3v) is 4.79. The van der Waals surface area contributed by atoms with Gasteiger partial charge in [0.1, 0.15) is 17.5 Å². The molecular formula is C25H18ClFN4O. The zero-order valence-corrected chi connectivity index (χ0v) is 17.6. The van der Waals surface area contributed by atoms with Gasteiger partial charge in [0, 0.05) is 34.4 Å². The van der Waals surface area contributed by atoms with E-state index in [4.69, 9.17) is 11.6 Å². The van der Waals surface area contributed by atoms with Crippen LogP contribution in [0.1, 0.15) is 15.9 Å². The molecule has 5 nitrogen and oxygen atoms in total. The van der Waals surface area contributed by atoms with E-state index in [1.165, 1.54) is 18.2 Å². The molecule has 0 amide bonds. The van der Waals surface area contributed by atoms with Crippen LogP contribution < -0.4 is 10.6 Å². The molecule has 0 saturated carbocycles. The van der Waals surface area contributed by atoms with Crippen molar-refractivity contribution in [2.24, 2.45) is 0 Å². The highest BCUT2D eigenvalue weighted by atomic mass is 35.5. The molecular weight excluding hydrogens is 427 g/mol. The number of allylic oxidation sites excluding steroid dienone is 1. The fraction of sp³-hybridized carbons (Fsp3) is 0. The van der Waals surface area contributed by atoms with Gasteiger partial charge in [-0.15, -0.1) is 0 Å². The number of carbonyl (C=O) groups is 1. The van der Waals surface area contributed by atoms with Crippen LogP contribution in [0.15, 0.2) is 91.3 Å². The van der Waals surface area contributed by atoms with Crippen molar-refractivity contribution in [3.63, 3.8) is 0 Å². The highest BCUT2D eigenvalue weighted by molar-refractivity contribution is 6.30. The van der Waals surface area contributed by atoms with Crippen molar-refractivity contribution in [3.05, 3.63) is 113 Å². The van der Waals surface area contributed by atoms with E-state index < -0.39 is 0 Å². The van der Waals surface area contributed by atoms with E-state index in [2.05, 4.69) is 20.6 Å². The first-order valence-corrected chi connectivity index (χ1v) is 10.1. The molecule has 0 bridgehead atoms. The quantitative estimate of drug-likeness (QED) is 0.246.